The summed E-state index contributed by atoms with van der Waals surface area (Å²) in [7, 11) is 1.64. The van der Waals surface area contributed by atoms with Crippen molar-refractivity contribution in [1.29, 1.82) is 0 Å². The number of nitrogens with zero attached hydrogens (tertiary/aromatic N) is 3. The van der Waals surface area contributed by atoms with Gasteiger partial charge in [-0.2, -0.15) is 5.10 Å². The number of carbonyl (C=O) groups excluding carboxylic acids is 2. The van der Waals surface area contributed by atoms with E-state index in [0.29, 0.717) is 32.5 Å². The summed E-state index contributed by atoms with van der Waals surface area (Å²) >= 11 is 0. The van der Waals surface area contributed by atoms with E-state index >= 15 is 0 Å². The lowest BCUT2D eigenvalue weighted by atomic mass is 9.96. The summed E-state index contributed by atoms with van der Waals surface area (Å²) in [4.78, 5) is 27.0. The van der Waals surface area contributed by atoms with E-state index in [1.54, 1.807) is 7.11 Å². The lowest BCUT2D eigenvalue weighted by Gasteiger charge is -2.32. The molecule has 2 amide bonds. The van der Waals surface area contributed by atoms with Gasteiger partial charge in [-0.05, 0) is 51.3 Å². The van der Waals surface area contributed by atoms with Crippen molar-refractivity contribution in [3.8, 4) is 5.75 Å². The smallest absolute Gasteiger partial charge is 0.225 e. The topological polar surface area (TPSA) is 76.5 Å². The van der Waals surface area contributed by atoms with Crippen LogP contribution in [-0.2, 0) is 29.1 Å². The van der Waals surface area contributed by atoms with Crippen molar-refractivity contribution in [2.24, 2.45) is 5.92 Å². The van der Waals surface area contributed by atoms with Gasteiger partial charge < -0.3 is 15.0 Å². The van der Waals surface area contributed by atoms with Crippen LogP contribution in [0, 0.1) is 19.8 Å². The lowest BCUT2D eigenvalue weighted by Crippen LogP contribution is -2.46. The third kappa shape index (κ3) is 5.01. The molecule has 1 fully saturated rings. The summed E-state index contributed by atoms with van der Waals surface area (Å²) in [6.45, 7) is 8.46. The minimum absolute atomic E-state index is 0.0139. The van der Waals surface area contributed by atoms with Gasteiger partial charge in [0.15, 0.2) is 0 Å². The van der Waals surface area contributed by atoms with Crippen LogP contribution < -0.4 is 10.1 Å². The van der Waals surface area contributed by atoms with Crippen LogP contribution in [0.15, 0.2) is 24.3 Å². The first-order chi connectivity index (χ1) is 14.4. The zero-order valence-electron chi connectivity index (χ0n) is 18.4. The van der Waals surface area contributed by atoms with E-state index in [9.17, 15) is 9.59 Å². The molecule has 0 bridgehead atoms. The predicted molar refractivity (Wildman–Crippen MR) is 115 cm³/mol. The second-order valence-corrected chi connectivity index (χ2v) is 7.86. The molecule has 0 aliphatic carbocycles. The van der Waals surface area contributed by atoms with Crippen LogP contribution in [0.2, 0.25) is 0 Å². The van der Waals surface area contributed by atoms with Crippen molar-refractivity contribution in [3.63, 3.8) is 0 Å². The van der Waals surface area contributed by atoms with E-state index < -0.39 is 0 Å². The van der Waals surface area contributed by atoms with Crippen molar-refractivity contribution in [2.75, 3.05) is 20.2 Å². The summed E-state index contributed by atoms with van der Waals surface area (Å²) in [6, 6.07) is 7.87. The summed E-state index contributed by atoms with van der Waals surface area (Å²) in [5.74, 6) is 0.795. The molecular formula is C23H32N4O3. The Morgan fingerprint density at radius 1 is 1.27 bits per heavy atom. The van der Waals surface area contributed by atoms with Gasteiger partial charge in [-0.15, -0.1) is 0 Å². The van der Waals surface area contributed by atoms with E-state index in [2.05, 4.69) is 17.3 Å². The zero-order chi connectivity index (χ0) is 21.7. The monoisotopic (exact) mass is 412 g/mol. The average Bonchev–Trinajstić information content (AvgIpc) is 3.04. The number of hydrogen-bond donors (Lipinski definition) is 1. The number of methoxy groups -OCH3 is 1. The van der Waals surface area contributed by atoms with Crippen LogP contribution in [0.3, 0.4) is 0 Å². The number of aromatic nitrogens is 2. The first-order valence-corrected chi connectivity index (χ1v) is 10.6. The van der Waals surface area contributed by atoms with Crippen LogP contribution in [0.1, 0.15) is 42.3 Å². The Kier molecular flexibility index (Phi) is 7.13. The van der Waals surface area contributed by atoms with Gasteiger partial charge in [0.1, 0.15) is 5.75 Å². The van der Waals surface area contributed by atoms with Gasteiger partial charge in [-0.25, -0.2) is 0 Å². The second-order valence-electron chi connectivity index (χ2n) is 7.86. The van der Waals surface area contributed by atoms with Crippen molar-refractivity contribution in [2.45, 2.75) is 53.1 Å². The van der Waals surface area contributed by atoms with Crippen LogP contribution in [0.5, 0.6) is 5.75 Å². The van der Waals surface area contributed by atoms with Gasteiger partial charge >= 0.3 is 0 Å². The zero-order valence-corrected chi connectivity index (χ0v) is 18.4. The molecule has 3 rings (SSSR count). The molecule has 1 aromatic carbocycles. The number of aryl methyl sites for hydroxylation is 2. The molecule has 30 heavy (non-hydrogen) atoms. The highest BCUT2D eigenvalue weighted by molar-refractivity contribution is 5.83. The minimum Gasteiger partial charge on any atom is -0.497 e. The van der Waals surface area contributed by atoms with Crippen LogP contribution in [-0.4, -0.2) is 46.7 Å². The average molecular weight is 413 g/mol. The number of hydrogen-bond acceptors (Lipinski definition) is 4. The largest absolute Gasteiger partial charge is 0.497 e. The SMILES string of the molecule is CCn1nc(C)c(CNC(=O)C2CCC(=O)N(CCc3ccc(OC)cc3)C2)c1C. The lowest BCUT2D eigenvalue weighted by molar-refractivity contribution is -0.138. The van der Waals surface area contributed by atoms with Gasteiger partial charge in [0.25, 0.3) is 0 Å². The fourth-order valence-corrected chi connectivity index (χ4v) is 4.02. The summed E-state index contributed by atoms with van der Waals surface area (Å²) in [5.41, 5.74) is 4.27. The van der Waals surface area contributed by atoms with Crippen molar-refractivity contribution < 1.29 is 14.3 Å². The molecule has 1 saturated heterocycles. The minimum atomic E-state index is -0.166. The van der Waals surface area contributed by atoms with Gasteiger partial charge in [-0.3, -0.25) is 14.3 Å². The highest BCUT2D eigenvalue weighted by Gasteiger charge is 2.30. The molecule has 1 atom stereocenters. The Balaban J connectivity index is 1.54. The van der Waals surface area contributed by atoms with Gasteiger partial charge in [0.2, 0.25) is 11.8 Å². The molecule has 7 heteroatoms. The maximum Gasteiger partial charge on any atom is 0.225 e. The van der Waals surface area contributed by atoms with E-state index in [-0.39, 0.29) is 17.7 Å². The molecule has 2 aromatic rings. The molecule has 2 heterocycles. The van der Waals surface area contributed by atoms with Gasteiger partial charge in [0.05, 0.1) is 18.7 Å². The van der Waals surface area contributed by atoms with Crippen LogP contribution in [0.25, 0.3) is 0 Å². The first kappa shape index (κ1) is 21.9. The third-order valence-corrected chi connectivity index (χ3v) is 5.97. The molecule has 0 spiro atoms. The molecule has 1 unspecified atom stereocenters. The fourth-order valence-electron chi connectivity index (χ4n) is 4.02. The summed E-state index contributed by atoms with van der Waals surface area (Å²) < 4.78 is 7.14. The van der Waals surface area contributed by atoms with Gasteiger partial charge in [-0.1, -0.05) is 12.1 Å². The molecule has 0 saturated carbocycles. The highest BCUT2D eigenvalue weighted by Crippen LogP contribution is 2.20. The number of benzene rings is 1. The molecule has 1 aliphatic heterocycles. The molecule has 1 aromatic heterocycles. The molecule has 162 valence electrons. The molecule has 1 N–H and O–H groups in total. The molecule has 0 radical (unpaired) electrons. The molecule has 7 nitrogen and oxygen atoms in total. The number of amides is 2. The van der Waals surface area contributed by atoms with Crippen molar-refractivity contribution >= 4 is 11.8 Å². The molecule has 1 aliphatic rings. The van der Waals surface area contributed by atoms with E-state index in [0.717, 1.165) is 41.2 Å². The third-order valence-electron chi connectivity index (χ3n) is 5.97. The van der Waals surface area contributed by atoms with E-state index in [1.165, 1.54) is 0 Å². The second kappa shape index (κ2) is 9.78. The number of ether oxygens (including phenoxy) is 1. The highest BCUT2D eigenvalue weighted by atomic mass is 16.5. The van der Waals surface area contributed by atoms with Crippen molar-refractivity contribution in [3.05, 3.63) is 46.8 Å². The normalized spacial score (nSPS) is 16.6. The Hall–Kier alpha value is -2.83. The number of nitrogens with one attached hydrogen (secondary N) is 1. The number of carbonyl (C=O) groups is 2. The van der Waals surface area contributed by atoms with Gasteiger partial charge in [0, 0.05) is 43.9 Å². The number of likely N-dealkylation sites (tertiary alicyclic amines) is 1. The van der Waals surface area contributed by atoms with Crippen molar-refractivity contribution in [1.82, 2.24) is 20.0 Å². The molecular weight excluding hydrogens is 380 g/mol. The Labute approximate surface area is 178 Å². The Morgan fingerprint density at radius 2 is 2.00 bits per heavy atom. The van der Waals surface area contributed by atoms with Crippen LogP contribution >= 0.6 is 0 Å². The van der Waals surface area contributed by atoms with E-state index in [1.807, 2.05) is 47.7 Å². The number of rotatable bonds is 8. The fraction of sp³-hybridized carbons (Fsp3) is 0.522. The maximum absolute atomic E-state index is 12.8. The quantitative estimate of drug-likeness (QED) is 0.723. The maximum atomic E-state index is 12.8. The Bertz CT molecular complexity index is 889. The summed E-state index contributed by atoms with van der Waals surface area (Å²) in [6.07, 6.45) is 1.79. The Morgan fingerprint density at radius 3 is 2.63 bits per heavy atom. The number of piperidine rings is 1. The van der Waals surface area contributed by atoms with E-state index in [4.69, 9.17) is 4.74 Å². The predicted octanol–water partition coefficient (Wildman–Crippen LogP) is 2.63. The summed E-state index contributed by atoms with van der Waals surface area (Å²) in [5, 5.41) is 7.58. The van der Waals surface area contributed by atoms with Crippen LogP contribution in [0.4, 0.5) is 0 Å². The first-order valence-electron chi connectivity index (χ1n) is 10.6. The standard InChI is InChI=1S/C23H32N4O3/c1-5-27-17(3)21(16(2)25-27)14-24-23(29)19-8-11-22(28)26(15-19)13-12-18-6-9-20(30-4)10-7-18/h6-7,9-10,19H,5,8,11-15H2,1-4H3,(H,24,29).